The van der Waals surface area contributed by atoms with Crippen LogP contribution in [0.2, 0.25) is 0 Å². The molecule has 0 bridgehead atoms. The smallest absolute Gasteiger partial charge is 0.410 e. The predicted octanol–water partition coefficient (Wildman–Crippen LogP) is 5.14. The van der Waals surface area contributed by atoms with E-state index in [-0.39, 0.29) is 30.1 Å². The third kappa shape index (κ3) is 4.98. The maximum absolute atomic E-state index is 13.1. The summed E-state index contributed by atoms with van der Waals surface area (Å²) >= 11 is 1.78. The van der Waals surface area contributed by atoms with Crippen LogP contribution in [-0.4, -0.2) is 47.3 Å². The minimum absolute atomic E-state index is 0.0274. The summed E-state index contributed by atoms with van der Waals surface area (Å²) in [5.74, 6) is -1.22. The SMILES string of the molecule is C=CCOC(=O)N1CC(SC(c2ccccc2)(c2ccccc2)c2ccccc2)CC1C1CC(=O)NC1=O. The summed E-state index contributed by atoms with van der Waals surface area (Å²) in [5.41, 5.74) is 3.38. The van der Waals surface area contributed by atoms with Gasteiger partial charge < -0.3 is 9.64 Å². The second-order valence-electron chi connectivity index (χ2n) is 9.56. The maximum atomic E-state index is 13.1. The van der Waals surface area contributed by atoms with E-state index in [0.717, 1.165) is 16.7 Å². The lowest BCUT2D eigenvalue weighted by atomic mass is 9.84. The lowest BCUT2D eigenvalue weighted by Gasteiger charge is -2.37. The molecule has 194 valence electrons. The van der Waals surface area contributed by atoms with E-state index < -0.39 is 22.8 Å². The van der Waals surface area contributed by atoms with Gasteiger partial charge >= 0.3 is 6.09 Å². The van der Waals surface area contributed by atoms with Crippen LogP contribution in [0.25, 0.3) is 0 Å². The quantitative estimate of drug-likeness (QED) is 0.250. The Morgan fingerprint density at radius 3 is 1.92 bits per heavy atom. The van der Waals surface area contributed by atoms with Crippen molar-refractivity contribution in [3.05, 3.63) is 120 Å². The Morgan fingerprint density at radius 1 is 0.947 bits per heavy atom. The van der Waals surface area contributed by atoms with Gasteiger partial charge in [0.25, 0.3) is 0 Å². The minimum atomic E-state index is -0.594. The zero-order chi connectivity index (χ0) is 26.5. The number of hydrogen-bond donors (Lipinski definition) is 1. The number of amides is 3. The Kier molecular flexibility index (Phi) is 7.65. The lowest BCUT2D eigenvalue weighted by Crippen LogP contribution is -2.43. The number of carbonyl (C=O) groups excluding carboxylic acids is 3. The van der Waals surface area contributed by atoms with Gasteiger partial charge in [-0.25, -0.2) is 4.79 Å². The lowest BCUT2D eigenvalue weighted by molar-refractivity contribution is -0.126. The van der Waals surface area contributed by atoms with Crippen LogP contribution < -0.4 is 5.32 Å². The summed E-state index contributed by atoms with van der Waals surface area (Å²) in [4.78, 5) is 39.5. The summed E-state index contributed by atoms with van der Waals surface area (Å²) in [5, 5.41) is 2.38. The molecule has 2 heterocycles. The molecule has 0 aliphatic carbocycles. The average Bonchev–Trinajstić information content (AvgIpc) is 3.53. The molecule has 3 atom stereocenters. The first kappa shape index (κ1) is 25.8. The normalized spacial score (nSPS) is 21.3. The van der Waals surface area contributed by atoms with Crippen molar-refractivity contribution >= 4 is 29.7 Å². The number of ether oxygens (including phenoxy) is 1. The second kappa shape index (κ2) is 11.3. The van der Waals surface area contributed by atoms with E-state index in [4.69, 9.17) is 4.74 Å². The molecule has 2 aliphatic rings. The summed E-state index contributed by atoms with van der Waals surface area (Å²) < 4.78 is 4.84. The number of imide groups is 1. The molecule has 0 saturated carbocycles. The van der Waals surface area contributed by atoms with Crippen LogP contribution in [0.4, 0.5) is 4.79 Å². The van der Waals surface area contributed by atoms with Gasteiger partial charge in [-0.3, -0.25) is 14.9 Å². The van der Waals surface area contributed by atoms with Crippen molar-refractivity contribution in [3.63, 3.8) is 0 Å². The molecule has 6 nitrogen and oxygen atoms in total. The summed E-state index contributed by atoms with van der Waals surface area (Å²) in [7, 11) is 0. The molecule has 38 heavy (non-hydrogen) atoms. The Bertz CT molecular complexity index is 1200. The molecule has 0 radical (unpaired) electrons. The van der Waals surface area contributed by atoms with E-state index in [1.54, 1.807) is 16.7 Å². The first-order chi connectivity index (χ1) is 18.5. The summed E-state index contributed by atoms with van der Waals surface area (Å²) in [6.45, 7) is 4.11. The highest BCUT2D eigenvalue weighted by atomic mass is 32.2. The highest BCUT2D eigenvalue weighted by Crippen LogP contribution is 2.52. The van der Waals surface area contributed by atoms with Gasteiger partial charge in [0.2, 0.25) is 11.8 Å². The molecule has 5 rings (SSSR count). The highest BCUT2D eigenvalue weighted by Gasteiger charge is 2.49. The topological polar surface area (TPSA) is 75.7 Å². The van der Waals surface area contributed by atoms with E-state index in [9.17, 15) is 14.4 Å². The van der Waals surface area contributed by atoms with Crippen LogP contribution in [-0.2, 0) is 19.1 Å². The van der Waals surface area contributed by atoms with Crippen molar-refractivity contribution in [2.45, 2.75) is 28.9 Å². The van der Waals surface area contributed by atoms with E-state index in [1.165, 1.54) is 6.08 Å². The first-order valence-corrected chi connectivity index (χ1v) is 13.6. The van der Waals surface area contributed by atoms with Gasteiger partial charge in [-0.2, -0.15) is 0 Å². The molecule has 0 spiro atoms. The molecule has 3 aromatic rings. The molecule has 3 unspecified atom stereocenters. The van der Waals surface area contributed by atoms with Gasteiger partial charge in [-0.05, 0) is 23.1 Å². The van der Waals surface area contributed by atoms with Crippen LogP contribution in [0.15, 0.2) is 104 Å². The molecule has 0 aromatic heterocycles. The predicted molar refractivity (Wildman–Crippen MR) is 148 cm³/mol. The third-order valence-corrected chi connectivity index (χ3v) is 8.95. The monoisotopic (exact) mass is 526 g/mol. The number of nitrogens with one attached hydrogen (secondary N) is 1. The van der Waals surface area contributed by atoms with E-state index in [1.807, 2.05) is 54.6 Å². The zero-order valence-electron chi connectivity index (χ0n) is 21.0. The third-order valence-electron chi connectivity index (χ3n) is 7.22. The molecule has 2 aliphatic heterocycles. The standard InChI is InChI=1S/C31H30N2O4S/c1-2-18-37-30(36)33-21-25(19-27(33)26-20-28(34)32-29(26)35)38-31(22-12-6-3-7-13-22,23-14-8-4-9-15-23)24-16-10-5-11-17-24/h2-17,25-27H,1,18-21H2,(H,32,34,35). The summed E-state index contributed by atoms with van der Waals surface area (Å²) in [6, 6.07) is 30.7. The van der Waals surface area contributed by atoms with Crippen molar-refractivity contribution < 1.29 is 19.1 Å². The number of benzene rings is 3. The van der Waals surface area contributed by atoms with Crippen molar-refractivity contribution in [2.75, 3.05) is 13.2 Å². The van der Waals surface area contributed by atoms with Crippen LogP contribution in [0, 0.1) is 5.92 Å². The van der Waals surface area contributed by atoms with Crippen LogP contribution in [0.1, 0.15) is 29.5 Å². The van der Waals surface area contributed by atoms with Crippen molar-refractivity contribution in [2.24, 2.45) is 5.92 Å². The van der Waals surface area contributed by atoms with Crippen molar-refractivity contribution in [1.82, 2.24) is 10.2 Å². The Morgan fingerprint density at radius 2 is 1.47 bits per heavy atom. The molecule has 7 heteroatoms. The second-order valence-corrected chi connectivity index (χ2v) is 11.1. The Hall–Kier alpha value is -3.84. The molecular weight excluding hydrogens is 496 g/mol. The van der Waals surface area contributed by atoms with Crippen molar-refractivity contribution in [3.8, 4) is 0 Å². The van der Waals surface area contributed by atoms with E-state index in [0.29, 0.717) is 13.0 Å². The largest absolute Gasteiger partial charge is 0.445 e. The van der Waals surface area contributed by atoms with Gasteiger partial charge in [-0.15, -0.1) is 11.8 Å². The average molecular weight is 527 g/mol. The van der Waals surface area contributed by atoms with Crippen LogP contribution >= 0.6 is 11.8 Å². The number of nitrogens with zero attached hydrogens (tertiary/aromatic N) is 1. The molecule has 2 fully saturated rings. The van der Waals surface area contributed by atoms with Gasteiger partial charge in [-0.1, -0.05) is 104 Å². The number of carbonyl (C=O) groups is 3. The molecular formula is C31H30N2O4S. The van der Waals surface area contributed by atoms with Gasteiger partial charge in [0.05, 0.1) is 10.7 Å². The number of likely N-dealkylation sites (tertiary alicyclic amines) is 1. The van der Waals surface area contributed by atoms with Crippen molar-refractivity contribution in [1.29, 1.82) is 0 Å². The Balaban J connectivity index is 1.57. The van der Waals surface area contributed by atoms with Gasteiger partial charge in [0.15, 0.2) is 0 Å². The summed E-state index contributed by atoms with van der Waals surface area (Å²) in [6.07, 6.45) is 1.67. The maximum Gasteiger partial charge on any atom is 0.410 e. The molecule has 1 N–H and O–H groups in total. The van der Waals surface area contributed by atoms with Gasteiger partial charge in [0, 0.05) is 24.3 Å². The van der Waals surface area contributed by atoms with E-state index >= 15 is 0 Å². The number of hydrogen-bond acceptors (Lipinski definition) is 5. The Labute approximate surface area is 227 Å². The number of rotatable bonds is 8. The molecule has 2 saturated heterocycles. The fraction of sp³-hybridized carbons (Fsp3) is 0.258. The minimum Gasteiger partial charge on any atom is -0.445 e. The molecule has 3 amide bonds. The van der Waals surface area contributed by atoms with Gasteiger partial charge in [0.1, 0.15) is 6.61 Å². The highest BCUT2D eigenvalue weighted by molar-refractivity contribution is 8.01. The molecule has 3 aromatic carbocycles. The van der Waals surface area contributed by atoms with Crippen LogP contribution in [0.5, 0.6) is 0 Å². The fourth-order valence-electron chi connectivity index (χ4n) is 5.57. The van der Waals surface area contributed by atoms with Crippen LogP contribution in [0.3, 0.4) is 0 Å². The first-order valence-electron chi connectivity index (χ1n) is 12.8. The fourth-order valence-corrected chi connectivity index (χ4v) is 7.42. The zero-order valence-corrected chi connectivity index (χ0v) is 21.8. The van der Waals surface area contributed by atoms with E-state index in [2.05, 4.69) is 48.3 Å². The number of thioether (sulfide) groups is 1.